The van der Waals surface area contributed by atoms with E-state index in [4.69, 9.17) is 0 Å². The molecular weight excluding hydrogens is 276 g/mol. The molecule has 0 aromatic heterocycles. The van der Waals surface area contributed by atoms with Crippen LogP contribution in [0, 0.1) is 20.8 Å². The topological polar surface area (TPSA) is 66.5 Å². The molecule has 1 amide bonds. The van der Waals surface area contributed by atoms with Gasteiger partial charge in [-0.15, -0.1) is 0 Å². The minimum Gasteiger partial charge on any atom is -0.355 e. The van der Waals surface area contributed by atoms with Crippen LogP contribution in [0.15, 0.2) is 17.0 Å². The summed E-state index contributed by atoms with van der Waals surface area (Å²) in [5.74, 6) is -0.305. The van der Waals surface area contributed by atoms with Crippen molar-refractivity contribution in [3.05, 3.63) is 28.8 Å². The van der Waals surface area contributed by atoms with Crippen molar-refractivity contribution in [1.29, 1.82) is 0 Å². The quantitative estimate of drug-likeness (QED) is 0.893. The fourth-order valence-electron chi connectivity index (χ4n) is 2.27. The third-order valence-corrected chi connectivity index (χ3v) is 5.12. The fourth-order valence-corrected chi connectivity index (χ4v) is 3.80. The molecule has 0 spiro atoms. The molecule has 0 fully saturated rings. The first-order valence-electron chi connectivity index (χ1n) is 6.51. The first kappa shape index (κ1) is 16.7. The smallest absolute Gasteiger partial charge is 0.243 e. The van der Waals surface area contributed by atoms with Crippen LogP contribution in [0.25, 0.3) is 0 Å². The molecule has 0 atom stereocenters. The zero-order chi connectivity index (χ0) is 15.5. The van der Waals surface area contributed by atoms with E-state index < -0.39 is 10.0 Å². The second-order valence-electron chi connectivity index (χ2n) is 4.94. The van der Waals surface area contributed by atoms with Gasteiger partial charge in [0.2, 0.25) is 15.9 Å². The fraction of sp³-hybridized carbons (Fsp3) is 0.500. The van der Waals surface area contributed by atoms with Crippen LogP contribution in [0.4, 0.5) is 0 Å². The van der Waals surface area contributed by atoms with E-state index in [2.05, 4.69) is 5.32 Å². The lowest BCUT2D eigenvalue weighted by Gasteiger charge is -2.20. The van der Waals surface area contributed by atoms with Crippen LogP contribution < -0.4 is 5.32 Å². The van der Waals surface area contributed by atoms with E-state index in [1.165, 1.54) is 7.05 Å². The molecule has 0 heterocycles. The van der Waals surface area contributed by atoms with Crippen LogP contribution >= 0.6 is 0 Å². The minimum atomic E-state index is -3.66. The van der Waals surface area contributed by atoms with Gasteiger partial charge in [-0.1, -0.05) is 17.7 Å². The highest BCUT2D eigenvalue weighted by atomic mass is 32.2. The van der Waals surface area contributed by atoms with Crippen LogP contribution in [-0.2, 0) is 14.8 Å². The van der Waals surface area contributed by atoms with E-state index in [1.54, 1.807) is 20.8 Å². The number of benzene rings is 1. The van der Waals surface area contributed by atoms with Gasteiger partial charge in [0.15, 0.2) is 0 Å². The summed E-state index contributed by atoms with van der Waals surface area (Å²) in [6, 6.07) is 3.67. The zero-order valence-electron chi connectivity index (χ0n) is 12.6. The molecule has 0 aliphatic rings. The van der Waals surface area contributed by atoms with Gasteiger partial charge in [0.25, 0.3) is 0 Å². The number of carbonyl (C=O) groups is 1. The molecule has 0 radical (unpaired) electrons. The van der Waals surface area contributed by atoms with Crippen LogP contribution in [0.2, 0.25) is 0 Å². The van der Waals surface area contributed by atoms with Crippen molar-refractivity contribution in [1.82, 2.24) is 9.62 Å². The van der Waals surface area contributed by atoms with Crippen LogP contribution in [0.1, 0.15) is 23.6 Å². The van der Waals surface area contributed by atoms with Crippen molar-refractivity contribution in [3.8, 4) is 0 Å². The summed E-state index contributed by atoms with van der Waals surface area (Å²) < 4.78 is 26.2. The van der Waals surface area contributed by atoms with E-state index in [1.807, 2.05) is 19.1 Å². The Morgan fingerprint density at radius 2 is 1.70 bits per heavy atom. The largest absolute Gasteiger partial charge is 0.355 e. The minimum absolute atomic E-state index is 0.178. The average molecular weight is 298 g/mol. The monoisotopic (exact) mass is 298 g/mol. The lowest BCUT2D eigenvalue weighted by molar-refractivity contribution is -0.121. The van der Waals surface area contributed by atoms with Gasteiger partial charge in [0.1, 0.15) is 0 Å². The van der Waals surface area contributed by atoms with Crippen LogP contribution in [0.3, 0.4) is 0 Å². The van der Waals surface area contributed by atoms with Gasteiger partial charge in [-0.2, -0.15) is 4.31 Å². The molecule has 1 rings (SSSR count). The summed E-state index contributed by atoms with van der Waals surface area (Å²) in [7, 11) is -2.24. The van der Waals surface area contributed by atoms with Gasteiger partial charge in [0.05, 0.1) is 11.4 Å². The number of hydrogen-bond acceptors (Lipinski definition) is 3. The molecule has 0 aliphatic carbocycles. The number of rotatable bonds is 5. The highest BCUT2D eigenvalue weighted by Gasteiger charge is 2.26. The number of hydrogen-bond donors (Lipinski definition) is 1. The molecular formula is C14H22N2O3S. The van der Waals surface area contributed by atoms with E-state index in [0.717, 1.165) is 9.87 Å². The molecule has 0 unspecified atom stereocenters. The Balaban J connectivity index is 3.14. The van der Waals surface area contributed by atoms with Crippen molar-refractivity contribution >= 4 is 15.9 Å². The lowest BCUT2D eigenvalue weighted by Crippen LogP contribution is -2.38. The zero-order valence-corrected chi connectivity index (χ0v) is 13.5. The lowest BCUT2D eigenvalue weighted by atomic mass is 10.1. The predicted octanol–water partition coefficient (Wildman–Crippen LogP) is 1.37. The summed E-state index contributed by atoms with van der Waals surface area (Å²) in [5.41, 5.74) is 2.42. The number of carbonyl (C=O) groups excluding carboxylic acids is 1. The second kappa shape index (κ2) is 6.37. The SMILES string of the molecule is CCNC(=O)CN(C)S(=O)(=O)c1c(C)cc(C)cc1C. The van der Waals surface area contributed by atoms with E-state index >= 15 is 0 Å². The first-order valence-corrected chi connectivity index (χ1v) is 7.95. The maximum absolute atomic E-state index is 12.6. The summed E-state index contributed by atoms with van der Waals surface area (Å²) in [6.07, 6.45) is 0. The molecule has 112 valence electrons. The van der Waals surface area contributed by atoms with Crippen LogP contribution in [0.5, 0.6) is 0 Å². The van der Waals surface area contributed by atoms with Crippen LogP contribution in [-0.4, -0.2) is 38.8 Å². The van der Waals surface area contributed by atoms with E-state index in [0.29, 0.717) is 17.7 Å². The van der Waals surface area contributed by atoms with Gasteiger partial charge in [-0.05, 0) is 38.8 Å². The summed E-state index contributed by atoms with van der Waals surface area (Å²) in [5, 5.41) is 2.59. The van der Waals surface area contributed by atoms with Gasteiger partial charge in [-0.3, -0.25) is 4.79 Å². The van der Waals surface area contributed by atoms with Crippen molar-refractivity contribution in [2.75, 3.05) is 20.1 Å². The van der Waals surface area contributed by atoms with Gasteiger partial charge < -0.3 is 5.32 Å². The number of likely N-dealkylation sites (N-methyl/N-ethyl adjacent to an activating group) is 2. The van der Waals surface area contributed by atoms with Crippen molar-refractivity contribution < 1.29 is 13.2 Å². The Morgan fingerprint density at radius 3 is 2.15 bits per heavy atom. The molecule has 5 nitrogen and oxygen atoms in total. The summed E-state index contributed by atoms with van der Waals surface area (Å²) in [6.45, 7) is 7.56. The molecule has 20 heavy (non-hydrogen) atoms. The molecule has 6 heteroatoms. The van der Waals surface area contributed by atoms with Crippen molar-refractivity contribution in [3.63, 3.8) is 0 Å². The van der Waals surface area contributed by atoms with Gasteiger partial charge in [0, 0.05) is 13.6 Å². The molecule has 0 saturated carbocycles. The number of aryl methyl sites for hydroxylation is 3. The van der Waals surface area contributed by atoms with Gasteiger partial charge >= 0.3 is 0 Å². The van der Waals surface area contributed by atoms with E-state index in [9.17, 15) is 13.2 Å². The molecule has 0 bridgehead atoms. The first-order chi connectivity index (χ1) is 9.20. The number of nitrogens with zero attached hydrogens (tertiary/aromatic N) is 1. The molecule has 1 N–H and O–H groups in total. The third-order valence-electron chi connectivity index (χ3n) is 3.01. The molecule has 0 saturated heterocycles. The maximum Gasteiger partial charge on any atom is 0.243 e. The number of amides is 1. The second-order valence-corrected chi connectivity index (χ2v) is 6.92. The summed E-state index contributed by atoms with van der Waals surface area (Å²) >= 11 is 0. The number of nitrogens with one attached hydrogen (secondary N) is 1. The highest BCUT2D eigenvalue weighted by Crippen LogP contribution is 2.24. The van der Waals surface area contributed by atoms with E-state index in [-0.39, 0.29) is 17.3 Å². The maximum atomic E-state index is 12.6. The highest BCUT2D eigenvalue weighted by molar-refractivity contribution is 7.89. The number of sulfonamides is 1. The van der Waals surface area contributed by atoms with Crippen molar-refractivity contribution in [2.45, 2.75) is 32.6 Å². The average Bonchev–Trinajstić information content (AvgIpc) is 2.26. The Hall–Kier alpha value is -1.40. The Kier molecular flexibility index (Phi) is 5.30. The normalized spacial score (nSPS) is 11.7. The Labute approximate surface area is 121 Å². The molecule has 1 aromatic carbocycles. The van der Waals surface area contributed by atoms with Crippen molar-refractivity contribution in [2.24, 2.45) is 0 Å². The Morgan fingerprint density at radius 1 is 1.20 bits per heavy atom. The summed E-state index contributed by atoms with van der Waals surface area (Å²) in [4.78, 5) is 11.8. The predicted molar refractivity (Wildman–Crippen MR) is 79.2 cm³/mol. The molecule has 0 aliphatic heterocycles. The Bertz CT molecular complexity index is 586. The van der Waals surface area contributed by atoms with Gasteiger partial charge in [-0.25, -0.2) is 8.42 Å². The standard InChI is InChI=1S/C14H22N2O3S/c1-6-15-13(17)9-16(5)20(18,19)14-11(3)7-10(2)8-12(14)4/h7-8H,6,9H2,1-5H3,(H,15,17). The third kappa shape index (κ3) is 3.58. The molecule has 1 aromatic rings.